The van der Waals surface area contributed by atoms with Crippen molar-refractivity contribution in [2.45, 2.75) is 52.7 Å². The highest BCUT2D eigenvalue weighted by Crippen LogP contribution is 2.00. The number of hydrogen-bond donors (Lipinski definition) is 0. The monoisotopic (exact) mass is 258 g/mol. The van der Waals surface area contributed by atoms with Crippen molar-refractivity contribution >= 4 is 23.5 Å². The zero-order valence-electron chi connectivity index (χ0n) is 11.0. The molecule has 0 aromatic carbocycles. The lowest BCUT2D eigenvalue weighted by Crippen LogP contribution is -2.25. The number of carbonyl (C=O) groups is 4. The summed E-state index contributed by atoms with van der Waals surface area (Å²) in [5.41, 5.74) is 0. The standard InChI is InChI=1S/C12H18O6/c1-7(2)17-11(15)9(13)5-6-10(14)12(16)18-8(3)4/h7-8H,5-6H2,1-4H3. The van der Waals surface area contributed by atoms with Gasteiger partial charge in [0.2, 0.25) is 11.6 Å². The number of ketones is 2. The van der Waals surface area contributed by atoms with E-state index < -0.39 is 35.7 Å². The molecule has 0 saturated heterocycles. The molecule has 0 rings (SSSR count). The quantitative estimate of drug-likeness (QED) is 0.496. The Morgan fingerprint density at radius 3 is 1.22 bits per heavy atom. The second-order valence-corrected chi connectivity index (χ2v) is 4.25. The minimum atomic E-state index is -0.991. The Morgan fingerprint density at radius 1 is 0.722 bits per heavy atom. The van der Waals surface area contributed by atoms with Crippen LogP contribution in [-0.4, -0.2) is 35.7 Å². The van der Waals surface area contributed by atoms with Crippen molar-refractivity contribution in [2.75, 3.05) is 0 Å². The average Bonchev–Trinajstić information content (AvgIpc) is 2.23. The summed E-state index contributed by atoms with van der Waals surface area (Å²) >= 11 is 0. The minimum absolute atomic E-state index is 0.350. The summed E-state index contributed by atoms with van der Waals surface area (Å²) in [7, 11) is 0. The van der Waals surface area contributed by atoms with Crippen LogP contribution in [0.5, 0.6) is 0 Å². The van der Waals surface area contributed by atoms with Crippen LogP contribution in [0.4, 0.5) is 0 Å². The van der Waals surface area contributed by atoms with Gasteiger partial charge in [0.25, 0.3) is 0 Å². The van der Waals surface area contributed by atoms with E-state index in [2.05, 4.69) is 9.47 Å². The van der Waals surface area contributed by atoms with E-state index in [1.165, 1.54) is 0 Å². The molecular formula is C12H18O6. The third kappa shape index (κ3) is 6.78. The number of ether oxygens (including phenoxy) is 2. The smallest absolute Gasteiger partial charge is 0.374 e. The van der Waals surface area contributed by atoms with Gasteiger partial charge in [-0.1, -0.05) is 0 Å². The predicted molar refractivity (Wildman–Crippen MR) is 61.7 cm³/mol. The first-order valence-corrected chi connectivity index (χ1v) is 5.71. The Labute approximate surface area is 106 Å². The third-order valence-corrected chi connectivity index (χ3v) is 1.72. The van der Waals surface area contributed by atoms with Gasteiger partial charge in [-0.2, -0.15) is 0 Å². The molecule has 0 radical (unpaired) electrons. The molecular weight excluding hydrogens is 240 g/mol. The fourth-order valence-corrected chi connectivity index (χ4v) is 0.991. The van der Waals surface area contributed by atoms with Crippen molar-refractivity contribution in [3.8, 4) is 0 Å². The third-order valence-electron chi connectivity index (χ3n) is 1.72. The van der Waals surface area contributed by atoms with Crippen molar-refractivity contribution in [3.05, 3.63) is 0 Å². The first-order chi connectivity index (χ1) is 8.23. The van der Waals surface area contributed by atoms with E-state index in [-0.39, 0.29) is 12.8 Å². The van der Waals surface area contributed by atoms with E-state index in [0.717, 1.165) is 0 Å². The van der Waals surface area contributed by atoms with Gasteiger partial charge in [-0.05, 0) is 27.7 Å². The maximum Gasteiger partial charge on any atom is 0.374 e. The lowest BCUT2D eigenvalue weighted by molar-refractivity contribution is -0.159. The second-order valence-electron chi connectivity index (χ2n) is 4.25. The van der Waals surface area contributed by atoms with Crippen molar-refractivity contribution in [1.82, 2.24) is 0 Å². The van der Waals surface area contributed by atoms with Gasteiger partial charge >= 0.3 is 11.9 Å². The minimum Gasteiger partial charge on any atom is -0.457 e. The summed E-state index contributed by atoms with van der Waals surface area (Å²) < 4.78 is 9.31. The van der Waals surface area contributed by atoms with Gasteiger partial charge in [0.05, 0.1) is 12.2 Å². The van der Waals surface area contributed by atoms with Crippen LogP contribution in [-0.2, 0) is 28.7 Å². The molecule has 0 aliphatic heterocycles. The molecule has 0 bridgehead atoms. The molecule has 0 aromatic rings. The summed E-state index contributed by atoms with van der Waals surface area (Å²) in [5.74, 6) is -3.63. The lowest BCUT2D eigenvalue weighted by atomic mass is 10.1. The summed E-state index contributed by atoms with van der Waals surface area (Å²) in [6.45, 7) is 6.43. The van der Waals surface area contributed by atoms with Gasteiger partial charge in [0.1, 0.15) is 0 Å². The Balaban J connectivity index is 4.09. The lowest BCUT2D eigenvalue weighted by Gasteiger charge is -2.07. The number of Topliss-reactive ketones (excluding diaryl/α,β-unsaturated/α-hetero) is 2. The summed E-state index contributed by atoms with van der Waals surface area (Å²) in [6.07, 6.45) is -1.50. The van der Waals surface area contributed by atoms with E-state index in [1.807, 2.05) is 0 Å². The molecule has 0 aromatic heterocycles. The summed E-state index contributed by atoms with van der Waals surface area (Å²) in [4.78, 5) is 44.7. The number of carbonyl (C=O) groups excluding carboxylic acids is 4. The van der Waals surface area contributed by atoms with Crippen LogP contribution in [0, 0.1) is 0 Å². The molecule has 6 heteroatoms. The van der Waals surface area contributed by atoms with Gasteiger partial charge in [-0.25, -0.2) is 9.59 Å². The normalized spacial score (nSPS) is 10.3. The van der Waals surface area contributed by atoms with Crippen LogP contribution in [0.15, 0.2) is 0 Å². The fourth-order valence-electron chi connectivity index (χ4n) is 0.991. The zero-order valence-corrected chi connectivity index (χ0v) is 11.0. The molecule has 102 valence electrons. The summed E-state index contributed by atoms with van der Waals surface area (Å²) in [6, 6.07) is 0. The molecule has 0 atom stereocenters. The molecule has 0 saturated carbocycles. The van der Waals surface area contributed by atoms with Crippen molar-refractivity contribution in [3.63, 3.8) is 0 Å². The maximum absolute atomic E-state index is 11.2. The van der Waals surface area contributed by atoms with Crippen LogP contribution in [0.25, 0.3) is 0 Å². The Morgan fingerprint density at radius 2 is 1.00 bits per heavy atom. The maximum atomic E-state index is 11.2. The van der Waals surface area contributed by atoms with Gasteiger partial charge in [-0.15, -0.1) is 0 Å². The highest BCUT2D eigenvalue weighted by Gasteiger charge is 2.22. The highest BCUT2D eigenvalue weighted by molar-refractivity contribution is 6.37. The average molecular weight is 258 g/mol. The van der Waals surface area contributed by atoms with E-state index >= 15 is 0 Å². The van der Waals surface area contributed by atoms with Gasteiger partial charge in [0, 0.05) is 12.8 Å². The van der Waals surface area contributed by atoms with Crippen LogP contribution in [0.1, 0.15) is 40.5 Å². The number of rotatable bonds is 7. The molecule has 0 aliphatic carbocycles. The molecule has 0 aliphatic rings. The van der Waals surface area contributed by atoms with Crippen molar-refractivity contribution in [1.29, 1.82) is 0 Å². The molecule has 18 heavy (non-hydrogen) atoms. The van der Waals surface area contributed by atoms with Crippen LogP contribution in [0.3, 0.4) is 0 Å². The molecule has 0 unspecified atom stereocenters. The predicted octanol–water partition coefficient (Wildman–Crippen LogP) is 0.808. The van der Waals surface area contributed by atoms with E-state index in [9.17, 15) is 19.2 Å². The SMILES string of the molecule is CC(C)OC(=O)C(=O)CCC(=O)C(=O)OC(C)C. The molecule has 0 amide bonds. The Hall–Kier alpha value is -1.72. The van der Waals surface area contributed by atoms with Crippen LogP contribution >= 0.6 is 0 Å². The molecule has 0 fully saturated rings. The number of esters is 2. The highest BCUT2D eigenvalue weighted by atomic mass is 16.6. The van der Waals surface area contributed by atoms with E-state index in [0.29, 0.717) is 0 Å². The van der Waals surface area contributed by atoms with Gasteiger partial charge in [0.15, 0.2) is 0 Å². The molecule has 6 nitrogen and oxygen atoms in total. The van der Waals surface area contributed by atoms with E-state index in [4.69, 9.17) is 0 Å². The Bertz CT molecular complexity index is 308. The number of hydrogen-bond acceptors (Lipinski definition) is 6. The van der Waals surface area contributed by atoms with Crippen LogP contribution in [0.2, 0.25) is 0 Å². The molecule has 0 N–H and O–H groups in total. The summed E-state index contributed by atoms with van der Waals surface area (Å²) in [5, 5.41) is 0. The van der Waals surface area contributed by atoms with Gasteiger partial charge < -0.3 is 9.47 Å². The van der Waals surface area contributed by atoms with Crippen LogP contribution < -0.4 is 0 Å². The fraction of sp³-hybridized carbons (Fsp3) is 0.667. The Kier molecular flexibility index (Phi) is 6.85. The van der Waals surface area contributed by atoms with Gasteiger partial charge in [-0.3, -0.25) is 9.59 Å². The zero-order chi connectivity index (χ0) is 14.3. The topological polar surface area (TPSA) is 86.7 Å². The van der Waals surface area contributed by atoms with E-state index in [1.54, 1.807) is 27.7 Å². The largest absolute Gasteiger partial charge is 0.457 e. The second kappa shape index (κ2) is 7.58. The van der Waals surface area contributed by atoms with Crippen molar-refractivity contribution < 1.29 is 28.7 Å². The van der Waals surface area contributed by atoms with Crippen molar-refractivity contribution in [2.24, 2.45) is 0 Å². The first-order valence-electron chi connectivity index (χ1n) is 5.71. The first kappa shape index (κ1) is 16.3. The molecule has 0 spiro atoms. The molecule has 0 heterocycles.